The van der Waals surface area contributed by atoms with Crippen LogP contribution in [-0.4, -0.2) is 81.9 Å². The average Bonchev–Trinajstić information content (AvgIpc) is 3.25. The van der Waals surface area contributed by atoms with Crippen LogP contribution in [-0.2, 0) is 0 Å². The standard InChI is InChI=1S/C8H8O2.C8H10.C6H14N2.C6H13N/c1-6-2-3-7-8(4-6)10-5-9-7;1-7-4-3-5-8(2)6-7;1-7-3-5-8(2)6-4-7;1-7-5-3-2-4-6-7/h2-4H,5H2,1H3;3-6H,1-2H3;3-6H2,1-2H3;2-6H2,1H3. The van der Waals surface area contributed by atoms with Crippen molar-refractivity contribution in [2.75, 3.05) is 67.2 Å². The molecular weight excluding hydrogens is 410 g/mol. The lowest BCUT2D eigenvalue weighted by Gasteiger charge is -2.28. The highest BCUT2D eigenvalue weighted by Crippen LogP contribution is 2.31. The van der Waals surface area contributed by atoms with Crippen LogP contribution in [0.4, 0.5) is 0 Å². The van der Waals surface area contributed by atoms with Gasteiger partial charge in [0.15, 0.2) is 11.5 Å². The van der Waals surface area contributed by atoms with Gasteiger partial charge in [-0.3, -0.25) is 0 Å². The zero-order valence-electron chi connectivity index (χ0n) is 21.8. The van der Waals surface area contributed by atoms with E-state index in [0.717, 1.165) is 11.5 Å². The molecule has 0 bridgehead atoms. The van der Waals surface area contributed by atoms with E-state index in [4.69, 9.17) is 9.47 Å². The molecule has 0 aromatic heterocycles. The highest BCUT2D eigenvalue weighted by Gasteiger charge is 2.11. The van der Waals surface area contributed by atoms with Gasteiger partial charge in [-0.2, -0.15) is 0 Å². The van der Waals surface area contributed by atoms with Crippen LogP contribution in [0.1, 0.15) is 36.0 Å². The molecule has 0 aliphatic carbocycles. The van der Waals surface area contributed by atoms with E-state index in [0.29, 0.717) is 6.79 Å². The van der Waals surface area contributed by atoms with Crippen molar-refractivity contribution in [2.24, 2.45) is 0 Å². The maximum absolute atomic E-state index is 5.16. The van der Waals surface area contributed by atoms with E-state index in [-0.39, 0.29) is 0 Å². The molecule has 2 fully saturated rings. The van der Waals surface area contributed by atoms with Gasteiger partial charge in [-0.1, -0.05) is 47.9 Å². The molecular formula is C28H45N3O2. The number of piperidine rings is 1. The van der Waals surface area contributed by atoms with Crippen LogP contribution in [0, 0.1) is 20.8 Å². The Bertz CT molecular complexity index is 770. The highest BCUT2D eigenvalue weighted by atomic mass is 16.7. The summed E-state index contributed by atoms with van der Waals surface area (Å²) in [5, 5.41) is 0. The van der Waals surface area contributed by atoms with Crippen molar-refractivity contribution in [3.63, 3.8) is 0 Å². The molecule has 3 heterocycles. The second-order valence-electron chi connectivity index (χ2n) is 9.49. The molecule has 2 saturated heterocycles. The van der Waals surface area contributed by atoms with E-state index < -0.39 is 0 Å². The first-order valence-electron chi connectivity index (χ1n) is 12.3. The molecule has 0 saturated carbocycles. The summed E-state index contributed by atoms with van der Waals surface area (Å²) in [6, 6.07) is 14.4. The number of ether oxygens (including phenoxy) is 2. The van der Waals surface area contributed by atoms with Gasteiger partial charge in [-0.25, -0.2) is 0 Å². The van der Waals surface area contributed by atoms with Crippen LogP contribution in [0.2, 0.25) is 0 Å². The molecule has 0 radical (unpaired) electrons. The molecule has 0 unspecified atom stereocenters. The summed E-state index contributed by atoms with van der Waals surface area (Å²) in [4.78, 5) is 7.11. The van der Waals surface area contributed by atoms with E-state index in [1.54, 1.807) is 0 Å². The Morgan fingerprint density at radius 2 is 1.03 bits per heavy atom. The van der Waals surface area contributed by atoms with Gasteiger partial charge in [-0.15, -0.1) is 0 Å². The number of piperazine rings is 1. The van der Waals surface area contributed by atoms with Gasteiger partial charge < -0.3 is 24.2 Å². The summed E-state index contributed by atoms with van der Waals surface area (Å²) in [6.07, 6.45) is 4.28. The second-order valence-corrected chi connectivity index (χ2v) is 9.49. The number of hydrogen-bond donors (Lipinski definition) is 0. The molecule has 33 heavy (non-hydrogen) atoms. The number of rotatable bonds is 0. The number of aryl methyl sites for hydroxylation is 3. The number of likely N-dealkylation sites (N-methyl/N-ethyl adjacent to an activating group) is 2. The molecule has 184 valence electrons. The molecule has 5 heteroatoms. The average molecular weight is 456 g/mol. The fourth-order valence-corrected chi connectivity index (χ4v) is 3.77. The number of benzene rings is 2. The lowest BCUT2D eigenvalue weighted by Crippen LogP contribution is -2.42. The van der Waals surface area contributed by atoms with Crippen LogP contribution < -0.4 is 9.47 Å². The first-order valence-corrected chi connectivity index (χ1v) is 12.3. The first-order chi connectivity index (χ1) is 15.8. The molecule has 2 aromatic carbocycles. The minimum atomic E-state index is 0.360. The lowest BCUT2D eigenvalue weighted by atomic mass is 10.1. The fourth-order valence-electron chi connectivity index (χ4n) is 3.77. The predicted octanol–water partition coefficient (Wildman–Crippen LogP) is 4.99. The third-order valence-electron chi connectivity index (χ3n) is 6.01. The third-order valence-corrected chi connectivity index (χ3v) is 6.01. The van der Waals surface area contributed by atoms with Crippen molar-refractivity contribution < 1.29 is 9.47 Å². The van der Waals surface area contributed by atoms with Crippen LogP contribution >= 0.6 is 0 Å². The smallest absolute Gasteiger partial charge is 0.231 e. The molecule has 0 atom stereocenters. The molecule has 0 amide bonds. The summed E-state index contributed by atoms with van der Waals surface area (Å²) < 4.78 is 10.3. The van der Waals surface area contributed by atoms with Crippen LogP contribution in [0.25, 0.3) is 0 Å². The summed E-state index contributed by atoms with van der Waals surface area (Å²) in [5.41, 5.74) is 3.87. The topological polar surface area (TPSA) is 28.2 Å². The summed E-state index contributed by atoms with van der Waals surface area (Å²) >= 11 is 0. The Labute approximate surface area is 202 Å². The van der Waals surface area contributed by atoms with Gasteiger partial charge in [0.05, 0.1) is 0 Å². The minimum Gasteiger partial charge on any atom is -0.454 e. The van der Waals surface area contributed by atoms with E-state index in [1.807, 2.05) is 25.1 Å². The monoisotopic (exact) mass is 455 g/mol. The van der Waals surface area contributed by atoms with Crippen molar-refractivity contribution in [1.29, 1.82) is 0 Å². The maximum Gasteiger partial charge on any atom is 0.231 e. The quantitative estimate of drug-likeness (QED) is 0.558. The minimum absolute atomic E-state index is 0.360. The Hall–Kier alpha value is -2.08. The van der Waals surface area contributed by atoms with Gasteiger partial charge >= 0.3 is 0 Å². The van der Waals surface area contributed by atoms with E-state index in [9.17, 15) is 0 Å². The Morgan fingerprint density at radius 1 is 0.545 bits per heavy atom. The highest BCUT2D eigenvalue weighted by molar-refractivity contribution is 5.43. The van der Waals surface area contributed by atoms with E-state index in [2.05, 4.69) is 74.0 Å². The Balaban J connectivity index is 0.000000157. The summed E-state index contributed by atoms with van der Waals surface area (Å²) in [5.74, 6) is 1.71. The van der Waals surface area contributed by atoms with E-state index in [1.165, 1.54) is 75.2 Å². The number of hydrogen-bond acceptors (Lipinski definition) is 5. The van der Waals surface area contributed by atoms with Gasteiger partial charge in [-0.05, 0) is 85.5 Å². The zero-order valence-corrected chi connectivity index (χ0v) is 21.8. The van der Waals surface area contributed by atoms with Crippen molar-refractivity contribution in [2.45, 2.75) is 40.0 Å². The van der Waals surface area contributed by atoms with Gasteiger partial charge in [0.25, 0.3) is 0 Å². The molecule has 0 N–H and O–H groups in total. The van der Waals surface area contributed by atoms with Gasteiger partial charge in [0.2, 0.25) is 6.79 Å². The largest absolute Gasteiger partial charge is 0.454 e. The van der Waals surface area contributed by atoms with Crippen LogP contribution in [0.5, 0.6) is 11.5 Å². The lowest BCUT2D eigenvalue weighted by molar-refractivity contribution is 0.174. The SMILES string of the molecule is CN1CCCCC1.CN1CCN(C)CC1.Cc1ccc2c(c1)OCO2.Cc1cccc(C)c1. The van der Waals surface area contributed by atoms with Crippen LogP contribution in [0.15, 0.2) is 42.5 Å². The summed E-state index contributed by atoms with van der Waals surface area (Å²) in [6.45, 7) is 14.2. The molecule has 2 aromatic rings. The maximum atomic E-state index is 5.16. The molecule has 0 spiro atoms. The normalized spacial score (nSPS) is 18.1. The van der Waals surface area contributed by atoms with Gasteiger partial charge in [0, 0.05) is 26.2 Å². The van der Waals surface area contributed by atoms with Crippen LogP contribution in [0.3, 0.4) is 0 Å². The second kappa shape index (κ2) is 14.9. The molecule has 3 aliphatic heterocycles. The molecule has 5 rings (SSSR count). The van der Waals surface area contributed by atoms with Crippen molar-refractivity contribution in [3.05, 3.63) is 59.2 Å². The van der Waals surface area contributed by atoms with Gasteiger partial charge in [0.1, 0.15) is 0 Å². The number of nitrogens with zero attached hydrogens (tertiary/aromatic N) is 3. The summed E-state index contributed by atoms with van der Waals surface area (Å²) in [7, 11) is 6.54. The molecule has 5 nitrogen and oxygen atoms in total. The molecule has 3 aliphatic rings. The van der Waals surface area contributed by atoms with Crippen molar-refractivity contribution >= 4 is 0 Å². The Morgan fingerprint density at radius 3 is 1.48 bits per heavy atom. The fraction of sp³-hybridized carbons (Fsp3) is 0.571. The van der Waals surface area contributed by atoms with E-state index >= 15 is 0 Å². The number of fused-ring (bicyclic) bond motifs is 1. The first kappa shape index (κ1) is 27.2. The third kappa shape index (κ3) is 11.6. The van der Waals surface area contributed by atoms with Crippen molar-refractivity contribution in [1.82, 2.24) is 14.7 Å². The number of likely N-dealkylation sites (tertiary alicyclic amines) is 1. The Kier molecular flexibility index (Phi) is 12.3. The van der Waals surface area contributed by atoms with Crippen molar-refractivity contribution in [3.8, 4) is 11.5 Å². The zero-order chi connectivity index (χ0) is 24.1. The predicted molar refractivity (Wildman–Crippen MR) is 140 cm³/mol.